The van der Waals surface area contributed by atoms with Crippen molar-refractivity contribution in [3.8, 4) is 5.75 Å². The highest BCUT2D eigenvalue weighted by Crippen LogP contribution is 2.19. The molecule has 0 aliphatic carbocycles. The molecular weight excluding hydrogens is 410 g/mol. The Balaban J connectivity index is 1.41. The lowest BCUT2D eigenvalue weighted by atomic mass is 10.2. The molecule has 0 fully saturated rings. The molecule has 146 valence electrons. The zero-order valence-electron chi connectivity index (χ0n) is 15.4. The van der Waals surface area contributed by atoms with E-state index in [1.165, 1.54) is 21.8 Å². The second-order valence-corrected chi connectivity index (χ2v) is 8.01. The van der Waals surface area contributed by atoms with Crippen LogP contribution in [0.5, 0.6) is 5.75 Å². The topological polar surface area (TPSA) is 72.7 Å². The SMILES string of the molecule is Cc1cn2c(=O)cc(COc3ccc(NC(=O)c4cccc(Cl)c4)cc3)nc2s1. The number of aryl methyl sites for hydroxylation is 1. The first kappa shape index (κ1) is 19.2. The summed E-state index contributed by atoms with van der Waals surface area (Å²) in [5, 5.41) is 3.31. The molecular formula is C21H16ClN3O3S. The molecule has 0 spiro atoms. The predicted octanol–water partition coefficient (Wildman–Crippen LogP) is 4.55. The Kier molecular flexibility index (Phi) is 5.33. The molecule has 4 rings (SSSR count). The van der Waals surface area contributed by atoms with Crippen LogP contribution in [-0.2, 0) is 6.61 Å². The molecule has 0 radical (unpaired) electrons. The van der Waals surface area contributed by atoms with Gasteiger partial charge in [0.25, 0.3) is 11.5 Å². The van der Waals surface area contributed by atoms with Gasteiger partial charge in [-0.1, -0.05) is 17.7 Å². The van der Waals surface area contributed by atoms with Crippen LogP contribution < -0.4 is 15.6 Å². The number of halogens is 1. The molecule has 2 aromatic carbocycles. The number of thiazole rings is 1. The van der Waals surface area contributed by atoms with Gasteiger partial charge in [-0.05, 0) is 49.4 Å². The first-order valence-corrected chi connectivity index (χ1v) is 9.96. The van der Waals surface area contributed by atoms with Crippen molar-refractivity contribution in [3.63, 3.8) is 0 Å². The fourth-order valence-corrected chi connectivity index (χ4v) is 3.80. The Morgan fingerprint density at radius 3 is 2.76 bits per heavy atom. The molecule has 8 heteroatoms. The number of amides is 1. The summed E-state index contributed by atoms with van der Waals surface area (Å²) in [6, 6.07) is 15.2. The van der Waals surface area contributed by atoms with Crippen LogP contribution >= 0.6 is 22.9 Å². The zero-order chi connectivity index (χ0) is 20.4. The van der Waals surface area contributed by atoms with Crippen LogP contribution in [0.4, 0.5) is 5.69 Å². The van der Waals surface area contributed by atoms with Crippen LogP contribution in [-0.4, -0.2) is 15.3 Å². The molecule has 2 aromatic heterocycles. The molecule has 0 saturated carbocycles. The van der Waals surface area contributed by atoms with Crippen LogP contribution in [0.3, 0.4) is 0 Å². The highest BCUT2D eigenvalue weighted by atomic mass is 35.5. The van der Waals surface area contributed by atoms with E-state index in [0.717, 1.165) is 4.88 Å². The second kappa shape index (κ2) is 8.06. The standard InChI is InChI=1S/C21H16ClN3O3S/c1-13-11-25-19(26)10-17(24-21(25)29-13)12-28-18-7-5-16(6-8-18)23-20(27)14-3-2-4-15(22)9-14/h2-11H,12H2,1H3,(H,23,27). The fourth-order valence-electron chi connectivity index (χ4n) is 2.76. The number of carbonyl (C=O) groups excluding carboxylic acids is 1. The number of hydrogen-bond donors (Lipinski definition) is 1. The third-order valence-electron chi connectivity index (χ3n) is 4.12. The van der Waals surface area contributed by atoms with E-state index in [0.29, 0.717) is 32.7 Å². The second-order valence-electron chi connectivity index (χ2n) is 6.36. The lowest BCUT2D eigenvalue weighted by Gasteiger charge is -2.08. The lowest BCUT2D eigenvalue weighted by molar-refractivity contribution is 0.102. The summed E-state index contributed by atoms with van der Waals surface area (Å²) >= 11 is 7.38. The Bertz CT molecular complexity index is 1250. The van der Waals surface area contributed by atoms with Crippen molar-refractivity contribution in [3.05, 3.63) is 92.3 Å². The highest BCUT2D eigenvalue weighted by Gasteiger charge is 2.08. The summed E-state index contributed by atoms with van der Waals surface area (Å²) in [6.07, 6.45) is 1.77. The quantitative estimate of drug-likeness (QED) is 0.509. The molecule has 29 heavy (non-hydrogen) atoms. The predicted molar refractivity (Wildman–Crippen MR) is 114 cm³/mol. The first-order chi connectivity index (χ1) is 14.0. The van der Waals surface area contributed by atoms with Crippen molar-refractivity contribution in [1.82, 2.24) is 9.38 Å². The number of anilines is 1. The Morgan fingerprint density at radius 1 is 1.21 bits per heavy atom. The van der Waals surface area contributed by atoms with E-state index in [1.54, 1.807) is 54.7 Å². The van der Waals surface area contributed by atoms with E-state index in [1.807, 2.05) is 6.92 Å². The fraction of sp³-hybridized carbons (Fsp3) is 0.0952. The molecule has 0 bridgehead atoms. The van der Waals surface area contributed by atoms with E-state index in [4.69, 9.17) is 16.3 Å². The number of hydrogen-bond acceptors (Lipinski definition) is 5. The van der Waals surface area contributed by atoms with Crippen molar-refractivity contribution in [2.45, 2.75) is 13.5 Å². The number of nitrogens with zero attached hydrogens (tertiary/aromatic N) is 2. The number of rotatable bonds is 5. The minimum Gasteiger partial charge on any atom is -0.487 e. The minimum absolute atomic E-state index is 0.128. The monoisotopic (exact) mass is 425 g/mol. The van der Waals surface area contributed by atoms with Crippen LogP contribution in [0.25, 0.3) is 4.96 Å². The van der Waals surface area contributed by atoms with Gasteiger partial charge in [0.1, 0.15) is 12.4 Å². The maximum Gasteiger partial charge on any atom is 0.258 e. The van der Waals surface area contributed by atoms with Gasteiger partial charge in [0, 0.05) is 33.4 Å². The van der Waals surface area contributed by atoms with Gasteiger partial charge in [0.2, 0.25) is 0 Å². The molecule has 0 unspecified atom stereocenters. The van der Waals surface area contributed by atoms with E-state index in [9.17, 15) is 9.59 Å². The number of fused-ring (bicyclic) bond motifs is 1. The highest BCUT2D eigenvalue weighted by molar-refractivity contribution is 7.16. The van der Waals surface area contributed by atoms with Gasteiger partial charge in [-0.15, -0.1) is 11.3 Å². The molecule has 0 saturated heterocycles. The molecule has 2 heterocycles. The Morgan fingerprint density at radius 2 is 2.00 bits per heavy atom. The van der Waals surface area contributed by atoms with Crippen molar-refractivity contribution in [2.24, 2.45) is 0 Å². The molecule has 0 atom stereocenters. The number of ether oxygens (including phenoxy) is 1. The van der Waals surface area contributed by atoms with Crippen LogP contribution in [0.1, 0.15) is 20.9 Å². The third kappa shape index (κ3) is 4.47. The minimum atomic E-state index is -0.245. The molecule has 1 N–H and O–H groups in total. The largest absolute Gasteiger partial charge is 0.487 e. The molecule has 0 aliphatic heterocycles. The summed E-state index contributed by atoms with van der Waals surface area (Å²) in [6.45, 7) is 2.11. The smallest absolute Gasteiger partial charge is 0.258 e. The van der Waals surface area contributed by atoms with Crippen molar-refractivity contribution in [2.75, 3.05) is 5.32 Å². The molecule has 6 nitrogen and oxygen atoms in total. The van der Waals surface area contributed by atoms with Crippen molar-refractivity contribution < 1.29 is 9.53 Å². The number of nitrogens with one attached hydrogen (secondary N) is 1. The average molecular weight is 426 g/mol. The molecule has 0 aliphatic rings. The van der Waals surface area contributed by atoms with E-state index < -0.39 is 0 Å². The summed E-state index contributed by atoms with van der Waals surface area (Å²) in [4.78, 5) is 30.5. The normalized spacial score (nSPS) is 10.8. The van der Waals surface area contributed by atoms with Crippen LogP contribution in [0, 0.1) is 6.92 Å². The number of aromatic nitrogens is 2. The Hall–Kier alpha value is -3.16. The Labute approximate surface area is 175 Å². The molecule has 1 amide bonds. The van der Waals surface area contributed by atoms with Crippen LogP contribution in [0.15, 0.2) is 65.6 Å². The lowest BCUT2D eigenvalue weighted by Crippen LogP contribution is -2.14. The van der Waals surface area contributed by atoms with E-state index in [2.05, 4.69) is 10.3 Å². The summed E-state index contributed by atoms with van der Waals surface area (Å²) in [5.41, 5.74) is 1.55. The molecule has 4 aromatic rings. The van der Waals surface area contributed by atoms with Gasteiger partial charge < -0.3 is 10.1 Å². The zero-order valence-corrected chi connectivity index (χ0v) is 17.0. The summed E-state index contributed by atoms with van der Waals surface area (Å²) < 4.78 is 7.26. The van der Waals surface area contributed by atoms with Gasteiger partial charge in [-0.25, -0.2) is 4.98 Å². The van der Waals surface area contributed by atoms with Gasteiger partial charge in [0.05, 0.1) is 5.69 Å². The van der Waals surface area contributed by atoms with E-state index in [-0.39, 0.29) is 18.1 Å². The van der Waals surface area contributed by atoms with Gasteiger partial charge in [-0.3, -0.25) is 14.0 Å². The van der Waals surface area contributed by atoms with Gasteiger partial charge in [0.15, 0.2) is 4.96 Å². The third-order valence-corrected chi connectivity index (χ3v) is 5.25. The summed E-state index contributed by atoms with van der Waals surface area (Å²) in [7, 11) is 0. The maximum absolute atomic E-state index is 12.3. The number of benzene rings is 2. The van der Waals surface area contributed by atoms with Crippen molar-refractivity contribution in [1.29, 1.82) is 0 Å². The van der Waals surface area contributed by atoms with Crippen LogP contribution in [0.2, 0.25) is 5.02 Å². The van der Waals surface area contributed by atoms with Gasteiger partial charge >= 0.3 is 0 Å². The van der Waals surface area contributed by atoms with Crippen molar-refractivity contribution >= 4 is 39.5 Å². The van der Waals surface area contributed by atoms with E-state index >= 15 is 0 Å². The first-order valence-electron chi connectivity index (χ1n) is 8.76. The van der Waals surface area contributed by atoms with Gasteiger partial charge in [-0.2, -0.15) is 0 Å². The summed E-state index contributed by atoms with van der Waals surface area (Å²) in [5.74, 6) is 0.362. The number of carbonyl (C=O) groups is 1. The maximum atomic E-state index is 12.3. The average Bonchev–Trinajstić information content (AvgIpc) is 3.08.